The number of fused-ring (bicyclic) bond motifs is 3. The average molecular weight is 417 g/mol. The fraction of sp³-hybridized carbons (Fsp3) is 0.545. The zero-order valence-electron chi connectivity index (χ0n) is 17.0. The van der Waals surface area contributed by atoms with Crippen molar-refractivity contribution >= 4 is 34.7 Å². The summed E-state index contributed by atoms with van der Waals surface area (Å²) in [6, 6.07) is 7.73. The number of hydrogen-bond acceptors (Lipinski definition) is 4. The molecule has 1 aromatic carbocycles. The van der Waals surface area contributed by atoms with Crippen molar-refractivity contribution in [3.8, 4) is 0 Å². The van der Waals surface area contributed by atoms with Crippen molar-refractivity contribution < 1.29 is 4.79 Å². The molecule has 0 unspecified atom stereocenters. The Morgan fingerprint density at radius 1 is 1.25 bits per heavy atom. The van der Waals surface area contributed by atoms with Crippen molar-refractivity contribution in [1.29, 1.82) is 0 Å². The molecule has 1 saturated carbocycles. The lowest BCUT2D eigenvalue weighted by atomic mass is 9.69. The van der Waals surface area contributed by atoms with E-state index in [2.05, 4.69) is 26.1 Å². The van der Waals surface area contributed by atoms with E-state index in [0.717, 1.165) is 22.7 Å². The molecule has 150 valence electrons. The second-order valence-corrected chi connectivity index (χ2v) is 11.5. The van der Waals surface area contributed by atoms with E-state index >= 15 is 0 Å². The van der Waals surface area contributed by atoms with Crippen molar-refractivity contribution in [1.82, 2.24) is 4.57 Å². The van der Waals surface area contributed by atoms with Crippen molar-refractivity contribution in [3.63, 3.8) is 0 Å². The Kier molecular flexibility index (Phi) is 5.21. The molecule has 2 aromatic rings. The molecule has 1 aliphatic heterocycles. The predicted molar refractivity (Wildman–Crippen MR) is 118 cm³/mol. The topological polar surface area (TPSA) is 51.1 Å². The molecule has 6 heteroatoms. The molecule has 2 aliphatic rings. The summed E-state index contributed by atoms with van der Waals surface area (Å²) in [5.41, 5.74) is 1.91. The van der Waals surface area contributed by atoms with Crippen LogP contribution in [0.5, 0.6) is 0 Å². The number of thioether (sulfide) groups is 1. The Bertz CT molecular complexity index is 942. The number of aromatic nitrogens is 1. The molecule has 4 nitrogen and oxygen atoms in total. The number of amides is 1. The standard InChI is InChI=1S/C22H28N2O2S2/c1-13-5-8-15(9-6-13)23-18(25)12-24-20-19(27-21(24)26)16-11-14(2)7-10-17(16)22(3,4)28-20/h5-6,8-9,14,16-17H,7,10-12H2,1-4H3,(H,23,25)/t14-,16-,17-/m1/s1. The number of benzene rings is 1. The van der Waals surface area contributed by atoms with Gasteiger partial charge in [-0.2, -0.15) is 0 Å². The smallest absolute Gasteiger partial charge is 0.308 e. The molecule has 0 saturated heterocycles. The van der Waals surface area contributed by atoms with Crippen LogP contribution < -0.4 is 10.2 Å². The van der Waals surface area contributed by atoms with Gasteiger partial charge in [0.2, 0.25) is 5.91 Å². The van der Waals surface area contributed by atoms with Crippen LogP contribution >= 0.6 is 23.1 Å². The zero-order chi connectivity index (χ0) is 20.1. The average Bonchev–Trinajstić information content (AvgIpc) is 2.92. The second-order valence-electron chi connectivity index (χ2n) is 8.87. The van der Waals surface area contributed by atoms with Crippen LogP contribution in [0, 0.1) is 18.8 Å². The Morgan fingerprint density at radius 3 is 2.68 bits per heavy atom. The first-order valence-electron chi connectivity index (χ1n) is 10.0. The van der Waals surface area contributed by atoms with Gasteiger partial charge in [-0.3, -0.25) is 14.2 Å². The summed E-state index contributed by atoms with van der Waals surface area (Å²) in [7, 11) is 0. The minimum absolute atomic E-state index is 0.00812. The Hall–Kier alpha value is -1.53. The van der Waals surface area contributed by atoms with Crippen molar-refractivity contribution in [3.05, 3.63) is 44.4 Å². The number of aryl methyl sites for hydroxylation is 1. The number of nitrogens with zero attached hydrogens (tertiary/aromatic N) is 1. The van der Waals surface area contributed by atoms with E-state index in [1.807, 2.05) is 31.2 Å². The fourth-order valence-corrected chi connectivity index (χ4v) is 7.51. The van der Waals surface area contributed by atoms with E-state index < -0.39 is 0 Å². The molecular weight excluding hydrogens is 388 g/mol. The molecule has 0 spiro atoms. The zero-order valence-corrected chi connectivity index (χ0v) is 18.6. The van der Waals surface area contributed by atoms with Gasteiger partial charge in [0.15, 0.2) is 0 Å². The van der Waals surface area contributed by atoms with Gasteiger partial charge < -0.3 is 5.32 Å². The highest BCUT2D eigenvalue weighted by atomic mass is 32.2. The summed E-state index contributed by atoms with van der Waals surface area (Å²) in [6.07, 6.45) is 3.65. The molecular formula is C22H28N2O2S2. The maximum absolute atomic E-state index is 12.8. The number of hydrogen-bond donors (Lipinski definition) is 1. The first-order chi connectivity index (χ1) is 13.2. The number of carbonyl (C=O) groups excluding carboxylic acids is 1. The first kappa shape index (κ1) is 19.8. The Labute approximate surface area is 174 Å². The minimum Gasteiger partial charge on any atom is -0.325 e. The molecule has 1 aromatic heterocycles. The monoisotopic (exact) mass is 416 g/mol. The van der Waals surface area contributed by atoms with Gasteiger partial charge in [0.1, 0.15) is 6.54 Å². The van der Waals surface area contributed by atoms with Gasteiger partial charge in [-0.15, -0.1) is 11.8 Å². The highest BCUT2D eigenvalue weighted by Gasteiger charge is 2.47. The SMILES string of the molecule is Cc1ccc(NC(=O)Cn2c3c(sc2=O)[C@@H]2C[C@H](C)CC[C@H]2C(C)(C)S3)cc1. The summed E-state index contributed by atoms with van der Waals surface area (Å²) in [4.78, 5) is 26.6. The van der Waals surface area contributed by atoms with Gasteiger partial charge in [0.05, 0.1) is 5.03 Å². The van der Waals surface area contributed by atoms with Crippen molar-refractivity contribution in [2.45, 2.75) is 69.2 Å². The van der Waals surface area contributed by atoms with Crippen LogP contribution in [0.2, 0.25) is 0 Å². The van der Waals surface area contributed by atoms with Crippen LogP contribution in [0.1, 0.15) is 56.4 Å². The van der Waals surface area contributed by atoms with Crippen molar-refractivity contribution in [2.24, 2.45) is 11.8 Å². The third kappa shape index (κ3) is 3.69. The lowest BCUT2D eigenvalue weighted by Gasteiger charge is -2.47. The van der Waals surface area contributed by atoms with Crippen LogP contribution in [0.25, 0.3) is 0 Å². The summed E-state index contributed by atoms with van der Waals surface area (Å²) in [5.74, 6) is 1.61. The molecule has 1 aliphatic carbocycles. The summed E-state index contributed by atoms with van der Waals surface area (Å²) in [6.45, 7) is 9.01. The highest BCUT2D eigenvalue weighted by molar-refractivity contribution is 8.00. The van der Waals surface area contributed by atoms with Gasteiger partial charge >= 0.3 is 4.87 Å². The number of anilines is 1. The normalized spacial score (nSPS) is 25.6. The summed E-state index contributed by atoms with van der Waals surface area (Å²) < 4.78 is 1.78. The third-order valence-corrected chi connectivity index (χ3v) is 8.92. The van der Waals surface area contributed by atoms with Crippen molar-refractivity contribution in [2.75, 3.05) is 5.32 Å². The van der Waals surface area contributed by atoms with E-state index in [4.69, 9.17) is 0 Å². The van der Waals surface area contributed by atoms with Crippen LogP contribution in [-0.2, 0) is 11.3 Å². The quantitative estimate of drug-likeness (QED) is 0.742. The molecule has 0 bridgehead atoms. The maximum Gasteiger partial charge on any atom is 0.308 e. The number of carbonyl (C=O) groups is 1. The van der Waals surface area contributed by atoms with Crippen LogP contribution in [-0.4, -0.2) is 15.2 Å². The van der Waals surface area contributed by atoms with Crippen LogP contribution in [0.3, 0.4) is 0 Å². The highest BCUT2D eigenvalue weighted by Crippen LogP contribution is 2.58. The molecule has 4 rings (SSSR count). The molecule has 0 radical (unpaired) electrons. The molecule has 1 amide bonds. The first-order valence-corrected chi connectivity index (χ1v) is 11.7. The summed E-state index contributed by atoms with van der Waals surface area (Å²) >= 11 is 3.15. The largest absolute Gasteiger partial charge is 0.325 e. The second kappa shape index (κ2) is 7.38. The van der Waals surface area contributed by atoms with Gasteiger partial charge in [0, 0.05) is 21.2 Å². The molecule has 1 fully saturated rings. The Morgan fingerprint density at radius 2 is 1.96 bits per heavy atom. The third-order valence-electron chi connectivity index (χ3n) is 6.21. The minimum atomic E-state index is -0.149. The number of nitrogens with one attached hydrogen (secondary N) is 1. The van der Waals surface area contributed by atoms with Gasteiger partial charge in [-0.05, 0) is 43.7 Å². The lowest BCUT2D eigenvalue weighted by molar-refractivity contribution is -0.116. The summed E-state index contributed by atoms with van der Waals surface area (Å²) in [5, 5.41) is 3.94. The predicted octanol–water partition coefficient (Wildman–Crippen LogP) is 5.26. The van der Waals surface area contributed by atoms with E-state index in [9.17, 15) is 9.59 Å². The molecule has 1 N–H and O–H groups in total. The van der Waals surface area contributed by atoms with E-state index in [0.29, 0.717) is 17.8 Å². The molecule has 3 atom stereocenters. The molecule has 28 heavy (non-hydrogen) atoms. The fourth-order valence-electron chi connectivity index (χ4n) is 4.69. The van der Waals surface area contributed by atoms with Gasteiger partial charge in [-0.25, -0.2) is 0 Å². The van der Waals surface area contributed by atoms with Crippen LogP contribution in [0.4, 0.5) is 5.69 Å². The van der Waals surface area contributed by atoms with Crippen LogP contribution in [0.15, 0.2) is 34.1 Å². The van der Waals surface area contributed by atoms with E-state index in [-0.39, 0.29) is 22.1 Å². The van der Waals surface area contributed by atoms with E-state index in [1.165, 1.54) is 29.1 Å². The number of rotatable bonds is 3. The molecule has 2 heterocycles. The Balaban J connectivity index is 1.61. The number of thiazole rings is 1. The van der Waals surface area contributed by atoms with Gasteiger partial charge in [-0.1, -0.05) is 56.2 Å². The lowest BCUT2D eigenvalue weighted by Crippen LogP contribution is -2.39. The van der Waals surface area contributed by atoms with E-state index in [1.54, 1.807) is 16.3 Å². The van der Waals surface area contributed by atoms with Gasteiger partial charge in [0.25, 0.3) is 0 Å². The maximum atomic E-state index is 12.8.